The summed E-state index contributed by atoms with van der Waals surface area (Å²) in [6.45, 7) is 6.61. The van der Waals surface area contributed by atoms with Crippen molar-refractivity contribution in [2.75, 3.05) is 39.4 Å². The van der Waals surface area contributed by atoms with E-state index in [1.54, 1.807) is 36.0 Å². The average molecular weight is 465 g/mol. The van der Waals surface area contributed by atoms with Crippen molar-refractivity contribution in [1.82, 2.24) is 9.21 Å². The van der Waals surface area contributed by atoms with E-state index in [0.717, 1.165) is 14.1 Å². The van der Waals surface area contributed by atoms with Crippen molar-refractivity contribution in [3.63, 3.8) is 0 Å². The van der Waals surface area contributed by atoms with E-state index in [2.05, 4.69) is 4.90 Å². The maximum atomic E-state index is 13.3. The molecule has 0 aliphatic carbocycles. The molecule has 2 aromatic carbocycles. The molecule has 168 valence electrons. The van der Waals surface area contributed by atoms with Crippen LogP contribution in [0.3, 0.4) is 0 Å². The van der Waals surface area contributed by atoms with Crippen molar-refractivity contribution in [2.24, 2.45) is 0 Å². The van der Waals surface area contributed by atoms with Crippen LogP contribution in [0.1, 0.15) is 12.5 Å². The minimum absolute atomic E-state index is 0.0934. The quantitative estimate of drug-likeness (QED) is 0.610. The average Bonchev–Trinajstić information content (AvgIpc) is 2.76. The number of aliphatic carboxylic acids is 1. The van der Waals surface area contributed by atoms with Crippen LogP contribution in [0.25, 0.3) is 0 Å². The lowest BCUT2D eigenvalue weighted by Crippen LogP contribution is -2.48. The fourth-order valence-electron chi connectivity index (χ4n) is 3.27. The van der Waals surface area contributed by atoms with Gasteiger partial charge in [-0.05, 0) is 50.2 Å². The number of nitrogens with zero attached hydrogens (tertiary/aromatic N) is 2. The van der Waals surface area contributed by atoms with Crippen LogP contribution in [-0.2, 0) is 19.6 Å². The van der Waals surface area contributed by atoms with Crippen molar-refractivity contribution in [3.8, 4) is 0 Å². The van der Waals surface area contributed by atoms with Gasteiger partial charge in [-0.25, -0.2) is 8.42 Å². The number of ether oxygens (including phenoxy) is 1. The van der Waals surface area contributed by atoms with Gasteiger partial charge < -0.3 is 9.84 Å². The molecule has 0 amide bonds. The molecule has 0 unspecified atom stereocenters. The van der Waals surface area contributed by atoms with Crippen LogP contribution in [0.2, 0.25) is 0 Å². The molecule has 1 aliphatic rings. The fraction of sp³-hybridized carbons (Fsp3) is 0.409. The lowest BCUT2D eigenvalue weighted by atomic mass is 10.2. The van der Waals surface area contributed by atoms with E-state index in [4.69, 9.17) is 4.74 Å². The van der Waals surface area contributed by atoms with Crippen molar-refractivity contribution in [1.29, 1.82) is 0 Å². The minimum atomic E-state index is -3.96. The summed E-state index contributed by atoms with van der Waals surface area (Å²) in [6, 6.07) is 13.5. The maximum absolute atomic E-state index is 13.3. The SMILES string of the molecule is Cc1ccc(Sc2ccc(S(=O)(=O)N(CCN3CCOCC3)[C@@H](C)C(=O)O)cc2)cc1. The van der Waals surface area contributed by atoms with Gasteiger partial charge in [0.2, 0.25) is 10.0 Å². The van der Waals surface area contributed by atoms with Gasteiger partial charge in [0.25, 0.3) is 0 Å². The number of carboxylic acid groups (broad SMARTS) is 1. The molecule has 7 nitrogen and oxygen atoms in total. The maximum Gasteiger partial charge on any atom is 0.321 e. The first-order valence-corrected chi connectivity index (χ1v) is 12.4. The van der Waals surface area contributed by atoms with Crippen LogP contribution in [0.15, 0.2) is 63.2 Å². The second-order valence-corrected chi connectivity index (χ2v) is 10.5. The first-order chi connectivity index (χ1) is 14.8. The zero-order valence-electron chi connectivity index (χ0n) is 17.7. The first kappa shape index (κ1) is 23.7. The summed E-state index contributed by atoms with van der Waals surface area (Å²) >= 11 is 1.54. The van der Waals surface area contributed by atoms with E-state index in [9.17, 15) is 18.3 Å². The summed E-state index contributed by atoms with van der Waals surface area (Å²) in [7, 11) is -3.96. The Labute approximate surface area is 188 Å². The molecule has 1 fully saturated rings. The number of aryl methyl sites for hydroxylation is 1. The number of hydrogen-bond donors (Lipinski definition) is 1. The third-order valence-electron chi connectivity index (χ3n) is 5.22. The Bertz CT molecular complexity index is 972. The van der Waals surface area contributed by atoms with Crippen molar-refractivity contribution >= 4 is 27.8 Å². The Morgan fingerprint density at radius 2 is 1.65 bits per heavy atom. The molecule has 3 rings (SSSR count). The highest BCUT2D eigenvalue weighted by molar-refractivity contribution is 7.99. The fourth-order valence-corrected chi connectivity index (χ4v) is 5.66. The van der Waals surface area contributed by atoms with E-state index < -0.39 is 22.0 Å². The van der Waals surface area contributed by atoms with Crippen LogP contribution >= 0.6 is 11.8 Å². The Kier molecular flexibility index (Phi) is 8.12. The van der Waals surface area contributed by atoms with Gasteiger partial charge in [-0.1, -0.05) is 29.5 Å². The second-order valence-electron chi connectivity index (χ2n) is 7.47. The molecule has 0 aromatic heterocycles. The summed E-state index contributed by atoms with van der Waals surface area (Å²) in [6.07, 6.45) is 0. The van der Waals surface area contributed by atoms with E-state index in [1.807, 2.05) is 31.2 Å². The monoisotopic (exact) mass is 464 g/mol. The van der Waals surface area contributed by atoms with Crippen molar-refractivity contribution in [2.45, 2.75) is 34.6 Å². The van der Waals surface area contributed by atoms with Gasteiger partial charge in [0.05, 0.1) is 18.1 Å². The van der Waals surface area contributed by atoms with E-state index in [-0.39, 0.29) is 11.4 Å². The van der Waals surface area contributed by atoms with Gasteiger partial charge in [0, 0.05) is 36.0 Å². The number of carboxylic acids is 1. The number of morpholine rings is 1. The van der Waals surface area contributed by atoms with Gasteiger partial charge in [-0.2, -0.15) is 4.31 Å². The molecule has 1 N–H and O–H groups in total. The number of hydrogen-bond acceptors (Lipinski definition) is 6. The second kappa shape index (κ2) is 10.6. The molecule has 1 aliphatic heterocycles. The zero-order chi connectivity index (χ0) is 22.4. The number of rotatable bonds is 9. The van der Waals surface area contributed by atoms with Crippen molar-refractivity contribution < 1.29 is 23.1 Å². The largest absolute Gasteiger partial charge is 0.480 e. The molecule has 1 saturated heterocycles. The van der Waals surface area contributed by atoms with E-state index >= 15 is 0 Å². The van der Waals surface area contributed by atoms with Crippen LogP contribution in [0.5, 0.6) is 0 Å². The molecular weight excluding hydrogens is 436 g/mol. The van der Waals surface area contributed by atoms with E-state index in [1.165, 1.54) is 12.5 Å². The lowest BCUT2D eigenvalue weighted by molar-refractivity contribution is -0.141. The third kappa shape index (κ3) is 6.30. The van der Waals surface area contributed by atoms with Crippen LogP contribution in [0.4, 0.5) is 0 Å². The Morgan fingerprint density at radius 1 is 1.10 bits per heavy atom. The molecule has 1 atom stereocenters. The van der Waals surface area contributed by atoms with Gasteiger partial charge in [-0.3, -0.25) is 9.69 Å². The number of carbonyl (C=O) groups is 1. The summed E-state index contributed by atoms with van der Waals surface area (Å²) < 4.78 is 32.9. The molecule has 0 bridgehead atoms. The highest BCUT2D eigenvalue weighted by atomic mass is 32.2. The molecule has 9 heteroatoms. The first-order valence-electron chi connectivity index (χ1n) is 10.2. The molecule has 31 heavy (non-hydrogen) atoms. The molecule has 1 heterocycles. The summed E-state index contributed by atoms with van der Waals surface area (Å²) in [5, 5.41) is 9.48. The topological polar surface area (TPSA) is 87.2 Å². The minimum Gasteiger partial charge on any atom is -0.480 e. The van der Waals surface area contributed by atoms with Gasteiger partial charge in [0.1, 0.15) is 6.04 Å². The number of sulfonamides is 1. The summed E-state index contributed by atoms with van der Waals surface area (Å²) in [5.41, 5.74) is 1.18. The predicted molar refractivity (Wildman–Crippen MR) is 120 cm³/mol. The smallest absolute Gasteiger partial charge is 0.321 e. The van der Waals surface area contributed by atoms with Crippen LogP contribution in [0, 0.1) is 6.92 Å². The standard InChI is InChI=1S/C22H28N2O5S2/c1-17-3-5-19(6-4-17)30-20-7-9-21(10-8-20)31(27,28)24(18(2)22(25)26)12-11-23-13-15-29-16-14-23/h3-10,18H,11-16H2,1-2H3,(H,25,26)/t18-/m0/s1. The van der Waals surface area contributed by atoms with Gasteiger partial charge in [-0.15, -0.1) is 0 Å². The molecule has 0 spiro atoms. The van der Waals surface area contributed by atoms with Crippen LogP contribution in [-0.4, -0.2) is 74.1 Å². The molecular formula is C22H28N2O5S2. The lowest BCUT2D eigenvalue weighted by Gasteiger charge is -2.31. The van der Waals surface area contributed by atoms with Gasteiger partial charge >= 0.3 is 5.97 Å². The highest BCUT2D eigenvalue weighted by Crippen LogP contribution is 2.29. The van der Waals surface area contributed by atoms with Crippen LogP contribution < -0.4 is 0 Å². The van der Waals surface area contributed by atoms with Gasteiger partial charge in [0.15, 0.2) is 0 Å². The Balaban J connectivity index is 1.75. The zero-order valence-corrected chi connectivity index (χ0v) is 19.4. The Hall–Kier alpha value is -1.91. The molecule has 2 aromatic rings. The molecule has 0 saturated carbocycles. The third-order valence-corrected chi connectivity index (χ3v) is 8.22. The summed E-state index contributed by atoms with van der Waals surface area (Å²) in [5.74, 6) is -1.17. The Morgan fingerprint density at radius 3 is 2.19 bits per heavy atom. The number of benzene rings is 2. The van der Waals surface area contributed by atoms with E-state index in [0.29, 0.717) is 32.8 Å². The predicted octanol–water partition coefficient (Wildman–Crippen LogP) is 2.94. The molecule has 0 radical (unpaired) electrons. The highest BCUT2D eigenvalue weighted by Gasteiger charge is 2.33. The summed E-state index contributed by atoms with van der Waals surface area (Å²) in [4.78, 5) is 15.8. The van der Waals surface area contributed by atoms with Crippen molar-refractivity contribution in [3.05, 3.63) is 54.1 Å². The normalized spacial score (nSPS) is 16.4.